The highest BCUT2D eigenvalue weighted by atomic mass is 32.1. The van der Waals surface area contributed by atoms with Crippen LogP contribution < -0.4 is 0 Å². The largest absolute Gasteiger partial charge is 0.208 e. The van der Waals surface area contributed by atoms with E-state index >= 15 is 0 Å². The quantitative estimate of drug-likeness (QED) is 0.243. The lowest BCUT2D eigenvalue weighted by Gasteiger charge is -2.10. The minimum atomic E-state index is -0.416. The van der Waals surface area contributed by atoms with E-state index in [1.807, 2.05) is 84.9 Å². The van der Waals surface area contributed by atoms with E-state index in [9.17, 15) is 0 Å². The zero-order valence-electron chi connectivity index (χ0n) is 26.3. The topological polar surface area (TPSA) is 38.7 Å². The number of thiophene rings is 1. The van der Waals surface area contributed by atoms with Crippen LogP contribution in [0.4, 0.5) is 0 Å². The van der Waals surface area contributed by atoms with Crippen molar-refractivity contribution >= 4 is 31.5 Å². The molecule has 0 atom stereocenters. The summed E-state index contributed by atoms with van der Waals surface area (Å²) in [7, 11) is 0. The number of rotatable bonds is 4. The zero-order chi connectivity index (χ0) is 30.7. The highest BCUT2D eigenvalue weighted by molar-refractivity contribution is 7.25. The molecular formula is C33H21N3S. The third-order valence-corrected chi connectivity index (χ3v) is 7.11. The van der Waals surface area contributed by atoms with Crippen molar-refractivity contribution < 1.29 is 9.60 Å². The van der Waals surface area contributed by atoms with Gasteiger partial charge in [0.25, 0.3) is 0 Å². The highest BCUT2D eigenvalue weighted by Crippen LogP contribution is 2.39. The molecule has 2 aromatic heterocycles. The van der Waals surface area contributed by atoms with Gasteiger partial charge >= 0.3 is 0 Å². The van der Waals surface area contributed by atoms with Crippen LogP contribution in [-0.2, 0) is 0 Å². The maximum atomic E-state index is 8.97. The molecule has 5 aromatic carbocycles. The van der Waals surface area contributed by atoms with Gasteiger partial charge in [0.1, 0.15) is 0 Å². The average molecular weight is 499 g/mol. The summed E-state index contributed by atoms with van der Waals surface area (Å²) >= 11 is 1.01. The average Bonchev–Trinajstić information content (AvgIpc) is 3.47. The van der Waals surface area contributed by atoms with Gasteiger partial charge in [0, 0.05) is 36.9 Å². The van der Waals surface area contributed by atoms with Crippen LogP contribution in [0, 0.1) is 0 Å². The van der Waals surface area contributed by atoms with Gasteiger partial charge in [-0.3, -0.25) is 0 Å². The van der Waals surface area contributed by atoms with Crippen molar-refractivity contribution in [3.05, 3.63) is 127 Å². The Morgan fingerprint density at radius 2 is 1.03 bits per heavy atom. The van der Waals surface area contributed by atoms with Crippen LogP contribution in [-0.4, -0.2) is 15.0 Å². The van der Waals surface area contributed by atoms with Gasteiger partial charge in [-0.1, -0.05) is 115 Å². The van der Waals surface area contributed by atoms with E-state index in [1.165, 1.54) is 0 Å². The molecule has 3 nitrogen and oxygen atoms in total. The molecule has 0 saturated heterocycles. The minimum absolute atomic E-state index is 0.0802. The predicted molar refractivity (Wildman–Crippen MR) is 154 cm³/mol. The molecule has 0 bridgehead atoms. The lowest BCUT2D eigenvalue weighted by atomic mass is 10.0. The first-order chi connectivity index (χ1) is 21.2. The van der Waals surface area contributed by atoms with Crippen molar-refractivity contribution in [1.82, 2.24) is 15.0 Å². The van der Waals surface area contributed by atoms with Crippen LogP contribution in [0.3, 0.4) is 0 Å². The number of benzene rings is 5. The predicted octanol–water partition coefficient (Wildman–Crippen LogP) is 8.91. The highest BCUT2D eigenvalue weighted by Gasteiger charge is 2.16. The minimum Gasteiger partial charge on any atom is -0.208 e. The summed E-state index contributed by atoms with van der Waals surface area (Å²) in [4.78, 5) is 14.3. The Hall–Kier alpha value is -4.67. The molecule has 0 amide bonds. The van der Waals surface area contributed by atoms with E-state index in [0.29, 0.717) is 22.8 Å². The summed E-state index contributed by atoms with van der Waals surface area (Å²) in [6.07, 6.45) is 0. The molecule has 4 heteroatoms. The molecule has 2 heterocycles. The SMILES string of the molecule is [2H]c1c([2H])c([2H])c2c(sc3c([2H])c([2H])c([2H])c(-c4nc(-c5ccccc5)nc(-c5ccc(-c6ccccc6)cc5)n4)c32)c1[2H]. The normalized spacial score (nSPS) is 13.9. The summed E-state index contributed by atoms with van der Waals surface area (Å²) in [6, 6.07) is 24.9. The van der Waals surface area contributed by atoms with E-state index in [0.717, 1.165) is 22.5 Å². The Labute approximate surface area is 228 Å². The summed E-state index contributed by atoms with van der Waals surface area (Å²) in [5.74, 6) is 0.758. The zero-order valence-corrected chi connectivity index (χ0v) is 20.1. The van der Waals surface area contributed by atoms with Gasteiger partial charge in [0.05, 0.1) is 9.60 Å². The first-order valence-electron chi connectivity index (χ1n) is 15.1. The summed E-state index contributed by atoms with van der Waals surface area (Å²) in [5, 5.41) is 0.446. The molecule has 0 spiro atoms. The monoisotopic (exact) mass is 498 g/mol. The second-order valence-corrected chi connectivity index (χ2v) is 9.40. The second kappa shape index (κ2) is 9.08. The molecule has 0 saturated carbocycles. The molecule has 7 aromatic rings. The summed E-state index contributed by atoms with van der Waals surface area (Å²) in [5.41, 5.74) is 3.62. The molecule has 7 rings (SSSR count). The van der Waals surface area contributed by atoms with Gasteiger partial charge in [-0.15, -0.1) is 11.3 Å². The molecule has 0 aliphatic carbocycles. The fraction of sp³-hybridized carbons (Fsp3) is 0. The molecule has 37 heavy (non-hydrogen) atoms. The maximum absolute atomic E-state index is 8.97. The number of nitrogens with zero attached hydrogens (tertiary/aromatic N) is 3. The van der Waals surface area contributed by atoms with Gasteiger partial charge in [-0.05, 0) is 23.2 Å². The van der Waals surface area contributed by atoms with Crippen molar-refractivity contribution in [2.75, 3.05) is 0 Å². The molecule has 174 valence electrons. The Morgan fingerprint density at radius 3 is 1.76 bits per heavy atom. The van der Waals surface area contributed by atoms with Crippen LogP contribution in [0.1, 0.15) is 9.60 Å². The van der Waals surface area contributed by atoms with Crippen molar-refractivity contribution in [3.8, 4) is 45.3 Å². The Morgan fingerprint density at radius 1 is 0.486 bits per heavy atom. The van der Waals surface area contributed by atoms with Crippen LogP contribution in [0.2, 0.25) is 0 Å². The molecule has 0 unspecified atom stereocenters. The molecule has 0 N–H and O–H groups in total. The van der Waals surface area contributed by atoms with Crippen LogP contribution >= 0.6 is 11.3 Å². The van der Waals surface area contributed by atoms with E-state index in [4.69, 9.17) is 24.5 Å². The van der Waals surface area contributed by atoms with Crippen molar-refractivity contribution in [3.63, 3.8) is 0 Å². The van der Waals surface area contributed by atoms with Crippen molar-refractivity contribution in [2.45, 2.75) is 0 Å². The van der Waals surface area contributed by atoms with Crippen molar-refractivity contribution in [1.29, 1.82) is 0 Å². The molecule has 0 fully saturated rings. The van der Waals surface area contributed by atoms with Crippen molar-refractivity contribution in [2.24, 2.45) is 0 Å². The first-order valence-corrected chi connectivity index (χ1v) is 12.5. The Bertz CT molecular complexity index is 2240. The maximum Gasteiger partial charge on any atom is 0.164 e. The van der Waals surface area contributed by atoms with Crippen LogP contribution in [0.15, 0.2) is 127 Å². The van der Waals surface area contributed by atoms with E-state index < -0.39 is 6.04 Å². The first kappa shape index (κ1) is 15.4. The second-order valence-electron chi connectivity index (χ2n) is 8.38. The third kappa shape index (κ3) is 3.98. The summed E-state index contributed by atoms with van der Waals surface area (Å²) < 4.78 is 60.5. The lowest BCUT2D eigenvalue weighted by molar-refractivity contribution is 1.08. The third-order valence-electron chi connectivity index (χ3n) is 6.09. The smallest absolute Gasteiger partial charge is 0.164 e. The molecule has 0 aliphatic rings. The van der Waals surface area contributed by atoms with Gasteiger partial charge < -0.3 is 0 Å². The Balaban J connectivity index is 1.54. The van der Waals surface area contributed by atoms with Crippen LogP contribution in [0.5, 0.6) is 0 Å². The van der Waals surface area contributed by atoms with E-state index in [-0.39, 0.29) is 67.8 Å². The number of hydrogen-bond donors (Lipinski definition) is 0. The molecular weight excluding hydrogens is 470 g/mol. The molecule has 0 aliphatic heterocycles. The standard InChI is InChI=1S/C33H21N3S/c1-3-10-22(11-4-1)23-18-20-25(21-19-23)32-34-31(24-12-5-2-6-13-24)35-33(36-32)27-15-9-17-29-30(27)26-14-7-8-16-28(26)37-29/h1-21H/i7D,8D,9D,14D,15D,16D,17D. The fourth-order valence-electron chi connectivity index (χ4n) is 4.30. The van der Waals surface area contributed by atoms with Gasteiger partial charge in [-0.25, -0.2) is 15.0 Å². The van der Waals surface area contributed by atoms with Gasteiger partial charge in [0.15, 0.2) is 17.5 Å². The fourth-order valence-corrected chi connectivity index (χ4v) is 5.27. The summed E-state index contributed by atoms with van der Waals surface area (Å²) in [6.45, 7) is 0. The van der Waals surface area contributed by atoms with E-state index in [2.05, 4.69) is 0 Å². The van der Waals surface area contributed by atoms with Gasteiger partial charge in [0.2, 0.25) is 0 Å². The van der Waals surface area contributed by atoms with Gasteiger partial charge in [-0.2, -0.15) is 0 Å². The Kier molecular flexibility index (Phi) is 3.79. The van der Waals surface area contributed by atoms with Crippen LogP contribution in [0.25, 0.3) is 65.5 Å². The molecule has 0 radical (unpaired) electrons. The number of aromatic nitrogens is 3. The number of hydrogen-bond acceptors (Lipinski definition) is 4. The lowest BCUT2D eigenvalue weighted by Crippen LogP contribution is -2.00. The van der Waals surface area contributed by atoms with E-state index in [1.54, 1.807) is 0 Å². The number of fused-ring (bicyclic) bond motifs is 3.